The molecule has 0 aliphatic carbocycles. The van der Waals surface area contributed by atoms with E-state index in [-0.39, 0.29) is 17.5 Å². The Hall–Kier alpha value is -2.58. The van der Waals surface area contributed by atoms with E-state index in [9.17, 15) is 18.0 Å². The van der Waals surface area contributed by atoms with Gasteiger partial charge in [-0.15, -0.1) is 5.10 Å². The summed E-state index contributed by atoms with van der Waals surface area (Å²) in [6, 6.07) is 2.64. The molecule has 20 heavy (non-hydrogen) atoms. The number of anilines is 2. The van der Waals surface area contributed by atoms with Crippen LogP contribution in [0.2, 0.25) is 0 Å². The van der Waals surface area contributed by atoms with Crippen LogP contribution in [0.5, 0.6) is 0 Å². The van der Waals surface area contributed by atoms with Crippen LogP contribution in [0.15, 0.2) is 22.6 Å². The molecule has 9 heteroatoms. The van der Waals surface area contributed by atoms with Crippen LogP contribution >= 0.6 is 0 Å². The highest BCUT2D eigenvalue weighted by Crippen LogP contribution is 2.34. The molecule has 0 saturated carbocycles. The molecule has 0 aliphatic heterocycles. The number of aromatic nitrogens is 2. The van der Waals surface area contributed by atoms with Crippen LogP contribution in [0.4, 0.5) is 24.9 Å². The second-order valence-corrected chi connectivity index (χ2v) is 3.88. The number of amides is 1. The number of hydrogen-bond donors (Lipinski definition) is 2. The van der Waals surface area contributed by atoms with Crippen molar-refractivity contribution in [3.05, 3.63) is 35.2 Å². The molecule has 106 valence electrons. The Morgan fingerprint density at radius 3 is 2.60 bits per heavy atom. The molecule has 6 nitrogen and oxygen atoms in total. The molecule has 1 aromatic carbocycles. The Labute approximate surface area is 110 Å². The summed E-state index contributed by atoms with van der Waals surface area (Å²) in [7, 11) is 0. The number of alkyl halides is 3. The van der Waals surface area contributed by atoms with Gasteiger partial charge in [0.15, 0.2) is 0 Å². The molecule has 3 N–H and O–H groups in total. The molecule has 2 rings (SSSR count). The second-order valence-electron chi connectivity index (χ2n) is 3.88. The molecule has 0 saturated heterocycles. The van der Waals surface area contributed by atoms with Crippen molar-refractivity contribution in [2.24, 2.45) is 0 Å². The number of benzene rings is 1. The van der Waals surface area contributed by atoms with Gasteiger partial charge in [0, 0.05) is 18.2 Å². The van der Waals surface area contributed by atoms with Crippen LogP contribution in [-0.4, -0.2) is 16.1 Å². The molecule has 0 fully saturated rings. The summed E-state index contributed by atoms with van der Waals surface area (Å²) in [5.74, 6) is -0.590. The summed E-state index contributed by atoms with van der Waals surface area (Å²) >= 11 is 0. The van der Waals surface area contributed by atoms with Gasteiger partial charge < -0.3 is 10.2 Å². The van der Waals surface area contributed by atoms with Crippen molar-refractivity contribution in [2.75, 3.05) is 11.1 Å². The molecule has 1 amide bonds. The number of hydrogen-bond acceptors (Lipinski definition) is 5. The van der Waals surface area contributed by atoms with Crippen molar-refractivity contribution < 1.29 is 22.4 Å². The molecule has 1 heterocycles. The SMILES string of the molecule is Cc1nnc(NC(=O)c2ccc(N)c(C(F)(F)F)c2)o1. The number of rotatable bonds is 2. The number of aryl methyl sites for hydroxylation is 1. The highest BCUT2D eigenvalue weighted by Gasteiger charge is 2.33. The fourth-order valence-corrected chi connectivity index (χ4v) is 1.46. The van der Waals surface area contributed by atoms with Crippen LogP contribution in [0.1, 0.15) is 21.8 Å². The summed E-state index contributed by atoms with van der Waals surface area (Å²) in [6.45, 7) is 1.51. The number of nitrogens with one attached hydrogen (secondary N) is 1. The third-order valence-electron chi connectivity index (χ3n) is 2.37. The van der Waals surface area contributed by atoms with Crippen molar-refractivity contribution in [1.82, 2.24) is 10.2 Å². The number of nitrogens with two attached hydrogens (primary N) is 1. The summed E-state index contributed by atoms with van der Waals surface area (Å²) < 4.78 is 42.9. The molecule has 0 spiro atoms. The lowest BCUT2D eigenvalue weighted by Gasteiger charge is -2.11. The Kier molecular flexibility index (Phi) is 3.35. The van der Waals surface area contributed by atoms with E-state index in [4.69, 9.17) is 10.2 Å². The summed E-state index contributed by atoms with van der Waals surface area (Å²) in [4.78, 5) is 11.8. The van der Waals surface area contributed by atoms with E-state index in [0.29, 0.717) is 6.07 Å². The maximum Gasteiger partial charge on any atom is 0.418 e. The quantitative estimate of drug-likeness (QED) is 0.825. The average molecular weight is 286 g/mol. The van der Waals surface area contributed by atoms with Gasteiger partial charge in [-0.25, -0.2) is 0 Å². The van der Waals surface area contributed by atoms with E-state index in [1.165, 1.54) is 13.0 Å². The Balaban J connectivity index is 2.27. The van der Waals surface area contributed by atoms with Crippen molar-refractivity contribution in [3.63, 3.8) is 0 Å². The van der Waals surface area contributed by atoms with Gasteiger partial charge in [-0.05, 0) is 18.2 Å². The Morgan fingerprint density at radius 1 is 1.35 bits per heavy atom. The molecule has 2 aromatic rings. The Bertz CT molecular complexity index is 651. The zero-order valence-corrected chi connectivity index (χ0v) is 10.2. The topological polar surface area (TPSA) is 94.0 Å². The van der Waals surface area contributed by atoms with E-state index in [2.05, 4.69) is 15.5 Å². The molecule has 0 atom stereocenters. The first-order valence-corrected chi connectivity index (χ1v) is 5.35. The fourth-order valence-electron chi connectivity index (χ4n) is 1.46. The number of carbonyl (C=O) groups is 1. The standard InChI is InChI=1S/C11H9F3N4O2/c1-5-17-18-10(20-5)16-9(19)6-2-3-8(15)7(4-6)11(12,13)14/h2-4H,15H2,1H3,(H,16,18,19). The predicted octanol–water partition coefficient (Wildman–Crippen LogP) is 2.23. The monoisotopic (exact) mass is 286 g/mol. The molecule has 0 aliphatic rings. The fraction of sp³-hybridized carbons (Fsp3) is 0.182. The Morgan fingerprint density at radius 2 is 2.05 bits per heavy atom. The number of carbonyl (C=O) groups excluding carboxylic acids is 1. The minimum absolute atomic E-state index is 0.196. The third kappa shape index (κ3) is 2.87. The smallest absolute Gasteiger partial charge is 0.408 e. The van der Waals surface area contributed by atoms with Crippen molar-refractivity contribution in [2.45, 2.75) is 13.1 Å². The summed E-state index contributed by atoms with van der Waals surface area (Å²) in [5.41, 5.74) is 3.49. The highest BCUT2D eigenvalue weighted by atomic mass is 19.4. The third-order valence-corrected chi connectivity index (χ3v) is 2.37. The highest BCUT2D eigenvalue weighted by molar-refractivity contribution is 6.03. The van der Waals surface area contributed by atoms with E-state index >= 15 is 0 Å². The number of nitrogens with zero attached hydrogens (tertiary/aromatic N) is 2. The average Bonchev–Trinajstić information content (AvgIpc) is 2.73. The van der Waals surface area contributed by atoms with Gasteiger partial charge in [0.25, 0.3) is 5.91 Å². The number of halogens is 3. The zero-order chi connectivity index (χ0) is 14.9. The first-order valence-electron chi connectivity index (χ1n) is 5.35. The maximum absolute atomic E-state index is 12.7. The van der Waals surface area contributed by atoms with E-state index < -0.39 is 23.3 Å². The van der Waals surface area contributed by atoms with Crippen LogP contribution in [0, 0.1) is 6.92 Å². The van der Waals surface area contributed by atoms with Crippen LogP contribution in [0.3, 0.4) is 0 Å². The van der Waals surface area contributed by atoms with Crippen LogP contribution in [-0.2, 0) is 6.18 Å². The van der Waals surface area contributed by atoms with Gasteiger partial charge in [-0.3, -0.25) is 10.1 Å². The maximum atomic E-state index is 12.7. The van der Waals surface area contributed by atoms with Crippen molar-refractivity contribution >= 4 is 17.6 Å². The lowest BCUT2D eigenvalue weighted by Crippen LogP contribution is -2.15. The molecule has 0 unspecified atom stereocenters. The van der Waals surface area contributed by atoms with Crippen LogP contribution < -0.4 is 11.1 Å². The second kappa shape index (κ2) is 4.83. The molecular formula is C11H9F3N4O2. The van der Waals surface area contributed by atoms with Gasteiger partial charge in [0.2, 0.25) is 5.89 Å². The molecule has 1 aromatic heterocycles. The van der Waals surface area contributed by atoms with Gasteiger partial charge in [0.1, 0.15) is 0 Å². The normalized spacial score (nSPS) is 11.4. The summed E-state index contributed by atoms with van der Waals surface area (Å²) in [5, 5.41) is 9.17. The molecular weight excluding hydrogens is 277 g/mol. The van der Waals surface area contributed by atoms with Gasteiger partial charge in [-0.2, -0.15) is 13.2 Å². The van der Waals surface area contributed by atoms with Gasteiger partial charge in [0.05, 0.1) is 5.56 Å². The van der Waals surface area contributed by atoms with Gasteiger partial charge >= 0.3 is 12.2 Å². The first kappa shape index (κ1) is 13.8. The number of nitrogen functional groups attached to an aromatic ring is 1. The lowest BCUT2D eigenvalue weighted by atomic mass is 10.1. The first-order chi connectivity index (χ1) is 9.27. The van der Waals surface area contributed by atoms with Crippen LogP contribution in [0.25, 0.3) is 0 Å². The summed E-state index contributed by atoms with van der Waals surface area (Å²) in [6.07, 6.45) is -4.64. The minimum atomic E-state index is -4.64. The van der Waals surface area contributed by atoms with E-state index in [1.54, 1.807) is 0 Å². The predicted molar refractivity (Wildman–Crippen MR) is 62.8 cm³/mol. The molecule has 0 bridgehead atoms. The zero-order valence-electron chi connectivity index (χ0n) is 10.2. The van der Waals surface area contributed by atoms with Crippen molar-refractivity contribution in [1.29, 1.82) is 0 Å². The van der Waals surface area contributed by atoms with Crippen molar-refractivity contribution in [3.8, 4) is 0 Å². The molecule has 0 radical (unpaired) electrons. The lowest BCUT2D eigenvalue weighted by molar-refractivity contribution is -0.136. The largest absolute Gasteiger partial charge is 0.418 e. The van der Waals surface area contributed by atoms with E-state index in [0.717, 1.165) is 6.07 Å². The van der Waals surface area contributed by atoms with E-state index in [1.807, 2.05) is 0 Å². The minimum Gasteiger partial charge on any atom is -0.408 e. The van der Waals surface area contributed by atoms with Gasteiger partial charge in [-0.1, -0.05) is 5.10 Å².